The average molecular weight is 307 g/mol. The summed E-state index contributed by atoms with van der Waals surface area (Å²) in [5.74, 6) is 0.0239. The Kier molecular flexibility index (Phi) is 3.09. The summed E-state index contributed by atoms with van der Waals surface area (Å²) in [6, 6.07) is 10.7. The first-order chi connectivity index (χ1) is 11.2. The highest BCUT2D eigenvalue weighted by Gasteiger charge is 2.13. The third-order valence-electron chi connectivity index (χ3n) is 3.64. The first kappa shape index (κ1) is 13.5. The van der Waals surface area contributed by atoms with Crippen LogP contribution in [0.4, 0.5) is 0 Å². The van der Waals surface area contributed by atoms with Gasteiger partial charge in [0.25, 0.3) is 0 Å². The van der Waals surface area contributed by atoms with Gasteiger partial charge in [-0.05, 0) is 23.8 Å². The van der Waals surface area contributed by atoms with Gasteiger partial charge in [0, 0.05) is 11.1 Å². The molecule has 3 aromatic rings. The predicted octanol–water partition coefficient (Wildman–Crippen LogP) is 1.92. The molecule has 0 spiro atoms. The molecule has 0 aliphatic carbocycles. The van der Waals surface area contributed by atoms with Crippen LogP contribution in [-0.2, 0) is 11.5 Å². The van der Waals surface area contributed by atoms with Crippen LogP contribution in [0.3, 0.4) is 0 Å². The molecule has 1 N–H and O–H groups in total. The van der Waals surface area contributed by atoms with Gasteiger partial charge in [0.05, 0.1) is 17.0 Å². The minimum Gasteiger partial charge on any atom is -0.545 e. The lowest BCUT2D eigenvalue weighted by Gasteiger charge is -2.01. The number of aromatic carboxylic acids is 1. The number of hydrogen-bond acceptors (Lipinski definition) is 5. The zero-order valence-corrected chi connectivity index (χ0v) is 11.9. The molecule has 0 atom stereocenters. The van der Waals surface area contributed by atoms with Crippen LogP contribution in [0.25, 0.3) is 23.2 Å². The Bertz CT molecular complexity index is 943. The maximum Gasteiger partial charge on any atom is 0.171 e. The average Bonchev–Trinajstić information content (AvgIpc) is 3.17. The topological polar surface area (TPSA) is 87.3 Å². The number of fused-ring (bicyclic) bond motifs is 2. The molecule has 0 bridgehead atoms. The Balaban J connectivity index is 1.67. The second kappa shape index (κ2) is 5.26. The van der Waals surface area contributed by atoms with E-state index in [1.54, 1.807) is 18.2 Å². The molecule has 1 aliphatic rings. The molecule has 6 nitrogen and oxygen atoms in total. The molecular formula is C17H11N2O4-. The number of imidazole rings is 1. The number of carboxylic acid groups (broad SMARTS) is 1. The highest BCUT2D eigenvalue weighted by Crippen LogP contribution is 2.27. The van der Waals surface area contributed by atoms with Gasteiger partial charge in [0.1, 0.15) is 12.4 Å². The fourth-order valence-electron chi connectivity index (χ4n) is 2.50. The lowest BCUT2D eigenvalue weighted by Crippen LogP contribution is -2.22. The van der Waals surface area contributed by atoms with Crippen molar-refractivity contribution in [3.8, 4) is 5.75 Å². The largest absolute Gasteiger partial charge is 0.545 e. The smallest absolute Gasteiger partial charge is 0.171 e. The van der Waals surface area contributed by atoms with E-state index >= 15 is 0 Å². The van der Waals surface area contributed by atoms with Crippen LogP contribution in [0, 0.1) is 0 Å². The summed E-state index contributed by atoms with van der Waals surface area (Å²) in [4.78, 5) is 28.4. The Morgan fingerprint density at radius 1 is 1.26 bits per heavy atom. The second-order valence-corrected chi connectivity index (χ2v) is 5.16. The van der Waals surface area contributed by atoms with Crippen molar-refractivity contribution in [2.24, 2.45) is 0 Å². The molecule has 0 unspecified atom stereocenters. The van der Waals surface area contributed by atoms with E-state index in [1.165, 1.54) is 6.07 Å². The fraction of sp³-hybridized carbons (Fsp3) is 0.0588. The van der Waals surface area contributed by atoms with Crippen molar-refractivity contribution in [1.82, 2.24) is 9.97 Å². The summed E-state index contributed by atoms with van der Waals surface area (Å²) in [6.07, 6.45) is 3.63. The Hall–Kier alpha value is -3.12. The Labute approximate surface area is 130 Å². The number of carbonyl (C=O) groups is 1. The van der Waals surface area contributed by atoms with Crippen molar-refractivity contribution in [2.75, 3.05) is 0 Å². The van der Waals surface area contributed by atoms with E-state index in [1.807, 2.05) is 24.3 Å². The van der Waals surface area contributed by atoms with Crippen LogP contribution in [0.1, 0.15) is 27.3 Å². The number of carbonyl (C=O) groups excluding carboxylic acids is 1. The van der Waals surface area contributed by atoms with Gasteiger partial charge in [0.2, 0.25) is 0 Å². The molecule has 0 saturated heterocycles. The minimum absolute atomic E-state index is 0.0708. The van der Waals surface area contributed by atoms with Gasteiger partial charge < -0.3 is 19.8 Å². The molecule has 6 heteroatoms. The molecule has 23 heavy (non-hydrogen) atoms. The summed E-state index contributed by atoms with van der Waals surface area (Å²) in [5, 5.41) is 11.1. The molecular weight excluding hydrogens is 296 g/mol. The normalized spacial score (nSPS) is 13.4. The molecule has 114 valence electrons. The maximum atomic E-state index is 11.1. The number of hydrogen-bond donors (Lipinski definition) is 1. The summed E-state index contributed by atoms with van der Waals surface area (Å²) in [6.45, 7) is 0.453. The monoisotopic (exact) mass is 307 g/mol. The van der Waals surface area contributed by atoms with E-state index in [9.17, 15) is 9.90 Å². The molecule has 2 heterocycles. The Morgan fingerprint density at radius 2 is 2.17 bits per heavy atom. The Morgan fingerprint density at radius 3 is 3.04 bits per heavy atom. The number of carboxylic acids is 1. The van der Waals surface area contributed by atoms with Gasteiger partial charge >= 0.3 is 0 Å². The third-order valence-corrected chi connectivity index (χ3v) is 3.64. The zero-order valence-electron chi connectivity index (χ0n) is 11.9. The fourth-order valence-corrected chi connectivity index (χ4v) is 2.50. The number of aromatic amines is 1. The first-order valence-electron chi connectivity index (χ1n) is 7.01. The number of nitrogens with one attached hydrogen (secondary N) is 1. The van der Waals surface area contributed by atoms with E-state index in [2.05, 4.69) is 9.97 Å². The van der Waals surface area contributed by atoms with Crippen LogP contribution in [0.2, 0.25) is 0 Å². The van der Waals surface area contributed by atoms with Crippen LogP contribution in [-0.4, -0.2) is 15.9 Å². The van der Waals surface area contributed by atoms with E-state index in [-0.39, 0.29) is 5.56 Å². The molecule has 1 aromatic heterocycles. The molecule has 0 saturated carbocycles. The first-order valence-corrected chi connectivity index (χ1v) is 7.01. The molecule has 2 aromatic carbocycles. The summed E-state index contributed by atoms with van der Waals surface area (Å²) >= 11 is 0. The van der Waals surface area contributed by atoms with Gasteiger partial charge in [-0.25, -0.2) is 4.98 Å². The van der Waals surface area contributed by atoms with E-state index in [4.69, 9.17) is 9.78 Å². The zero-order chi connectivity index (χ0) is 15.8. The molecule has 0 fully saturated rings. The molecule has 0 amide bonds. The molecule has 1 aliphatic heterocycles. The van der Waals surface area contributed by atoms with Gasteiger partial charge in [-0.15, -0.1) is 0 Å². The molecule has 4 rings (SSSR count). The van der Waals surface area contributed by atoms with Gasteiger partial charge in [0.15, 0.2) is 5.75 Å². The number of aromatic nitrogens is 2. The van der Waals surface area contributed by atoms with Crippen molar-refractivity contribution in [1.29, 1.82) is 0 Å². The summed E-state index contributed by atoms with van der Waals surface area (Å²) in [5.41, 5.74) is 3.04. The van der Waals surface area contributed by atoms with E-state index < -0.39 is 5.97 Å². The quantitative estimate of drug-likeness (QED) is 0.747. The van der Waals surface area contributed by atoms with Crippen LogP contribution in [0.15, 0.2) is 36.4 Å². The SMILES string of the molecule is O=C([O-])c1cccc2[nH]c(/C=C/c3ccc4c(c3)OOC4)nc12. The highest BCUT2D eigenvalue weighted by atomic mass is 17.2. The van der Waals surface area contributed by atoms with Crippen LogP contribution in [0.5, 0.6) is 5.75 Å². The van der Waals surface area contributed by atoms with Crippen LogP contribution < -0.4 is 9.99 Å². The van der Waals surface area contributed by atoms with Crippen molar-refractivity contribution in [2.45, 2.75) is 6.61 Å². The lowest BCUT2D eigenvalue weighted by atomic mass is 10.1. The van der Waals surface area contributed by atoms with Crippen molar-refractivity contribution in [3.63, 3.8) is 0 Å². The maximum absolute atomic E-state index is 11.1. The molecule has 0 radical (unpaired) electrons. The van der Waals surface area contributed by atoms with Gasteiger partial charge in [-0.3, -0.25) is 0 Å². The number of para-hydroxylation sites is 1. The van der Waals surface area contributed by atoms with Crippen molar-refractivity contribution >= 4 is 29.2 Å². The van der Waals surface area contributed by atoms with Crippen LogP contribution >= 0.6 is 0 Å². The number of nitrogens with zero attached hydrogens (tertiary/aromatic N) is 1. The van der Waals surface area contributed by atoms with E-state index in [0.717, 1.165) is 11.1 Å². The highest BCUT2D eigenvalue weighted by molar-refractivity contribution is 6.00. The van der Waals surface area contributed by atoms with Gasteiger partial charge in [-0.2, -0.15) is 4.89 Å². The predicted molar refractivity (Wildman–Crippen MR) is 81.2 cm³/mol. The van der Waals surface area contributed by atoms with Gasteiger partial charge in [-0.1, -0.05) is 30.3 Å². The summed E-state index contributed by atoms with van der Waals surface area (Å²) in [7, 11) is 0. The number of benzene rings is 2. The standard InChI is InChI=1S/C17H12N2O4/c20-17(21)12-2-1-3-13-16(12)19-15(18-13)7-5-10-4-6-11-9-22-23-14(11)8-10/h1-8H,9H2,(H,18,19)(H,20,21)/p-1/b7-5+. The third kappa shape index (κ3) is 2.45. The number of H-pyrrole nitrogens is 1. The second-order valence-electron chi connectivity index (χ2n) is 5.16. The van der Waals surface area contributed by atoms with Crippen molar-refractivity contribution < 1.29 is 19.7 Å². The number of rotatable bonds is 3. The lowest BCUT2D eigenvalue weighted by molar-refractivity contribution is -0.254. The summed E-state index contributed by atoms with van der Waals surface area (Å²) < 4.78 is 0. The van der Waals surface area contributed by atoms with Crippen molar-refractivity contribution in [3.05, 3.63) is 58.9 Å². The van der Waals surface area contributed by atoms with E-state index in [0.29, 0.717) is 29.2 Å². The minimum atomic E-state index is -1.24.